The zero-order valence-corrected chi connectivity index (χ0v) is 13.7. The van der Waals surface area contributed by atoms with E-state index < -0.39 is 29.0 Å². The van der Waals surface area contributed by atoms with E-state index in [2.05, 4.69) is 10.3 Å². The van der Waals surface area contributed by atoms with Gasteiger partial charge in [0.05, 0.1) is 17.3 Å². The number of rotatable bonds is 2. The van der Waals surface area contributed by atoms with E-state index in [0.717, 1.165) is 22.1 Å². The maximum absolute atomic E-state index is 14.2. The molecule has 0 fully saturated rings. The van der Waals surface area contributed by atoms with Crippen LogP contribution in [-0.4, -0.2) is 21.2 Å². The normalized spacial score (nSPS) is 16.3. The Balaban J connectivity index is 1.98. The summed E-state index contributed by atoms with van der Waals surface area (Å²) in [6.07, 6.45) is 0.790. The van der Waals surface area contributed by atoms with Crippen molar-refractivity contribution in [2.24, 2.45) is 0 Å². The minimum atomic E-state index is -0.898. The largest absolute Gasteiger partial charge is 0.494 e. The van der Waals surface area contributed by atoms with Crippen LogP contribution >= 0.6 is 0 Å². The second-order valence-corrected chi connectivity index (χ2v) is 6.12. The quantitative estimate of drug-likeness (QED) is 0.653. The number of nitrogens with zero attached hydrogens (tertiary/aromatic N) is 1. The van der Waals surface area contributed by atoms with E-state index in [-0.39, 0.29) is 11.3 Å². The smallest absolute Gasteiger partial charge is 0.335 e. The first-order valence-corrected chi connectivity index (χ1v) is 8.22. The fourth-order valence-corrected chi connectivity index (χ4v) is 3.42. The highest BCUT2D eigenvalue weighted by atomic mass is 19.1. The molecule has 0 spiro atoms. The van der Waals surface area contributed by atoms with Crippen LogP contribution in [0.4, 0.5) is 4.39 Å². The minimum Gasteiger partial charge on any atom is -0.494 e. The van der Waals surface area contributed by atoms with Gasteiger partial charge in [0.2, 0.25) is 5.88 Å². The summed E-state index contributed by atoms with van der Waals surface area (Å²) in [7, 11) is 0. The van der Waals surface area contributed by atoms with E-state index in [1.54, 1.807) is 6.07 Å². The summed E-state index contributed by atoms with van der Waals surface area (Å²) >= 11 is 0. The van der Waals surface area contributed by atoms with Crippen molar-refractivity contribution in [2.75, 3.05) is 6.54 Å². The first-order valence-electron chi connectivity index (χ1n) is 8.22. The molecule has 26 heavy (non-hydrogen) atoms. The molecule has 3 aromatic rings. The van der Waals surface area contributed by atoms with Gasteiger partial charge in [-0.05, 0) is 29.7 Å². The highest BCUT2D eigenvalue weighted by Crippen LogP contribution is 2.31. The molecule has 7 heteroatoms. The molecule has 0 unspecified atom stereocenters. The van der Waals surface area contributed by atoms with Crippen LogP contribution in [0.15, 0.2) is 58.1 Å². The Morgan fingerprint density at radius 1 is 1.08 bits per heavy atom. The number of H-pyrrole nitrogens is 1. The zero-order valence-electron chi connectivity index (χ0n) is 13.7. The molecule has 0 aliphatic carbocycles. The summed E-state index contributed by atoms with van der Waals surface area (Å²) in [5.41, 5.74) is 0.160. The molecule has 0 amide bonds. The number of fused-ring (bicyclic) bond motifs is 1. The Kier molecular flexibility index (Phi) is 3.93. The van der Waals surface area contributed by atoms with E-state index >= 15 is 0 Å². The minimum absolute atomic E-state index is 0.0139. The van der Waals surface area contributed by atoms with Crippen molar-refractivity contribution in [3.8, 4) is 11.6 Å². The molecule has 2 heterocycles. The Morgan fingerprint density at radius 2 is 1.81 bits per heavy atom. The number of aromatic nitrogens is 2. The summed E-state index contributed by atoms with van der Waals surface area (Å²) in [5, 5.41) is 13.9. The summed E-state index contributed by atoms with van der Waals surface area (Å²) in [4.78, 5) is 26.9. The topological polar surface area (TPSA) is 87.1 Å². The molecule has 0 radical (unpaired) electrons. The lowest BCUT2D eigenvalue weighted by molar-refractivity contribution is 0.408. The number of aromatic hydroxyl groups is 1. The zero-order chi connectivity index (χ0) is 18.3. The highest BCUT2D eigenvalue weighted by Gasteiger charge is 2.29. The van der Waals surface area contributed by atoms with Crippen LogP contribution in [0.1, 0.15) is 22.7 Å². The molecular formula is C19H16FN3O3. The van der Waals surface area contributed by atoms with Crippen molar-refractivity contribution in [1.82, 2.24) is 14.9 Å². The predicted octanol–water partition coefficient (Wildman–Crippen LogP) is 1.61. The molecule has 1 aliphatic rings. The third-order valence-electron chi connectivity index (χ3n) is 4.61. The molecule has 1 aromatic heterocycles. The van der Waals surface area contributed by atoms with E-state index in [9.17, 15) is 19.1 Å². The van der Waals surface area contributed by atoms with Crippen LogP contribution < -0.4 is 16.6 Å². The molecular weight excluding hydrogens is 337 g/mol. The van der Waals surface area contributed by atoms with Gasteiger partial charge in [-0.15, -0.1) is 0 Å². The third-order valence-corrected chi connectivity index (χ3v) is 4.61. The van der Waals surface area contributed by atoms with Crippen molar-refractivity contribution in [3.05, 3.63) is 91.9 Å². The maximum Gasteiger partial charge on any atom is 0.335 e. The highest BCUT2D eigenvalue weighted by molar-refractivity contribution is 5.45. The van der Waals surface area contributed by atoms with Crippen LogP contribution in [0.25, 0.3) is 5.69 Å². The van der Waals surface area contributed by atoms with Gasteiger partial charge < -0.3 is 10.4 Å². The molecule has 132 valence electrons. The predicted molar refractivity (Wildman–Crippen MR) is 94.3 cm³/mol. The van der Waals surface area contributed by atoms with Crippen molar-refractivity contribution >= 4 is 0 Å². The first kappa shape index (κ1) is 16.3. The fourth-order valence-electron chi connectivity index (χ4n) is 3.42. The number of hydrogen-bond acceptors (Lipinski definition) is 4. The summed E-state index contributed by atoms with van der Waals surface area (Å²) in [6.45, 7) is 0.611. The number of nitrogens with one attached hydrogen (secondary N) is 2. The van der Waals surface area contributed by atoms with Crippen molar-refractivity contribution in [3.63, 3.8) is 0 Å². The number of halogens is 1. The van der Waals surface area contributed by atoms with Gasteiger partial charge in [-0.2, -0.15) is 0 Å². The van der Waals surface area contributed by atoms with Gasteiger partial charge in [0.15, 0.2) is 0 Å². The summed E-state index contributed by atoms with van der Waals surface area (Å²) in [5.74, 6) is -1.25. The average Bonchev–Trinajstić information content (AvgIpc) is 2.63. The Bertz CT molecular complexity index is 1100. The third kappa shape index (κ3) is 2.53. The van der Waals surface area contributed by atoms with Crippen molar-refractivity contribution in [1.29, 1.82) is 0 Å². The second-order valence-electron chi connectivity index (χ2n) is 6.12. The molecule has 0 bridgehead atoms. The number of hydrogen-bond donors (Lipinski definition) is 3. The van der Waals surface area contributed by atoms with E-state index in [0.29, 0.717) is 6.54 Å². The van der Waals surface area contributed by atoms with Crippen molar-refractivity contribution in [2.45, 2.75) is 12.5 Å². The first-order chi connectivity index (χ1) is 12.6. The molecule has 2 aromatic carbocycles. The maximum atomic E-state index is 14.2. The Hall–Kier alpha value is -3.19. The molecule has 0 saturated carbocycles. The van der Waals surface area contributed by atoms with Gasteiger partial charge in [-0.1, -0.05) is 36.4 Å². The van der Waals surface area contributed by atoms with Gasteiger partial charge in [0, 0.05) is 6.54 Å². The average molecular weight is 353 g/mol. The second kappa shape index (κ2) is 6.27. The number of benzene rings is 2. The molecule has 3 N–H and O–H groups in total. The molecule has 1 aliphatic heterocycles. The van der Waals surface area contributed by atoms with Gasteiger partial charge in [0.1, 0.15) is 5.82 Å². The lowest BCUT2D eigenvalue weighted by Gasteiger charge is -2.27. The molecule has 6 nitrogen and oxygen atoms in total. The van der Waals surface area contributed by atoms with E-state index in [1.165, 1.54) is 18.2 Å². The fraction of sp³-hybridized carbons (Fsp3) is 0.158. The Labute approximate surface area is 147 Å². The van der Waals surface area contributed by atoms with E-state index in [1.807, 2.05) is 24.3 Å². The van der Waals surface area contributed by atoms with Crippen LogP contribution in [0.3, 0.4) is 0 Å². The van der Waals surface area contributed by atoms with Gasteiger partial charge >= 0.3 is 5.69 Å². The van der Waals surface area contributed by atoms with Gasteiger partial charge in [0.25, 0.3) is 5.56 Å². The Morgan fingerprint density at radius 3 is 2.62 bits per heavy atom. The summed E-state index contributed by atoms with van der Waals surface area (Å²) < 4.78 is 15.0. The van der Waals surface area contributed by atoms with Crippen LogP contribution in [-0.2, 0) is 6.42 Å². The SMILES string of the molecule is O=c1[nH]c(=O)n(-c2ccccc2F)c(O)c1[C@@H]1NCCc2ccccc21. The lowest BCUT2D eigenvalue weighted by Crippen LogP contribution is -2.38. The number of aromatic amines is 1. The van der Waals surface area contributed by atoms with Gasteiger partial charge in [-0.3, -0.25) is 9.78 Å². The van der Waals surface area contributed by atoms with E-state index in [4.69, 9.17) is 0 Å². The summed E-state index contributed by atoms with van der Waals surface area (Å²) in [6, 6.07) is 12.5. The van der Waals surface area contributed by atoms with Gasteiger partial charge in [-0.25, -0.2) is 13.8 Å². The lowest BCUT2D eigenvalue weighted by atomic mass is 9.90. The molecule has 1 atom stereocenters. The van der Waals surface area contributed by atoms with Crippen molar-refractivity contribution < 1.29 is 9.50 Å². The molecule has 0 saturated heterocycles. The van der Waals surface area contributed by atoms with Crippen LogP contribution in [0, 0.1) is 5.82 Å². The van der Waals surface area contributed by atoms with Crippen LogP contribution in [0.5, 0.6) is 5.88 Å². The molecule has 4 rings (SSSR count). The monoisotopic (exact) mass is 353 g/mol. The van der Waals surface area contributed by atoms with Crippen LogP contribution in [0.2, 0.25) is 0 Å². The number of para-hydroxylation sites is 1. The standard InChI is InChI=1S/C19H16FN3O3/c20-13-7-3-4-8-14(13)23-18(25)15(17(24)22-19(23)26)16-12-6-2-1-5-11(12)9-10-21-16/h1-8,16,21,25H,9-10H2,(H,22,24,26)/t16-/m1/s1.